The second-order valence-electron chi connectivity index (χ2n) is 7.13. The lowest BCUT2D eigenvalue weighted by atomic mass is 10.2. The summed E-state index contributed by atoms with van der Waals surface area (Å²) >= 11 is 0. The quantitative estimate of drug-likeness (QED) is 0.485. The molecule has 0 bridgehead atoms. The third-order valence-corrected chi connectivity index (χ3v) is 6.24. The number of methoxy groups -OCH3 is 2. The Morgan fingerprint density at radius 1 is 0.909 bits per heavy atom. The zero-order valence-corrected chi connectivity index (χ0v) is 19.3. The number of nitrogens with zero attached hydrogens (tertiary/aromatic N) is 1. The molecule has 8 heteroatoms. The number of nitrogens with one attached hydrogen (secondary N) is 1. The highest BCUT2D eigenvalue weighted by Crippen LogP contribution is 2.29. The minimum absolute atomic E-state index is 0.0572. The summed E-state index contributed by atoms with van der Waals surface area (Å²) in [5.74, 6) is 0.500. The van der Waals surface area contributed by atoms with E-state index in [1.807, 2.05) is 48.5 Å². The van der Waals surface area contributed by atoms with Gasteiger partial charge in [0.25, 0.3) is 0 Å². The maximum atomic E-state index is 13.1. The van der Waals surface area contributed by atoms with Crippen LogP contribution in [0, 0.1) is 0 Å². The number of hydrogen-bond acceptors (Lipinski definition) is 5. The van der Waals surface area contributed by atoms with Crippen molar-refractivity contribution in [2.24, 2.45) is 0 Å². The first-order valence-corrected chi connectivity index (χ1v) is 11.7. The maximum absolute atomic E-state index is 13.1. The monoisotopic (exact) mass is 466 g/mol. The molecule has 1 amide bonds. The lowest BCUT2D eigenvalue weighted by Crippen LogP contribution is -2.36. The lowest BCUT2D eigenvalue weighted by Gasteiger charge is -2.20. The average Bonchev–Trinajstić information content (AvgIpc) is 2.83. The summed E-state index contributed by atoms with van der Waals surface area (Å²) in [6.07, 6.45) is 1.51. The molecule has 7 nitrogen and oxygen atoms in total. The highest BCUT2D eigenvalue weighted by molar-refractivity contribution is 7.92. The van der Waals surface area contributed by atoms with Crippen molar-refractivity contribution in [1.29, 1.82) is 0 Å². The minimum atomic E-state index is -3.88. The van der Waals surface area contributed by atoms with E-state index in [0.29, 0.717) is 17.2 Å². The van der Waals surface area contributed by atoms with Gasteiger partial charge < -0.3 is 14.8 Å². The lowest BCUT2D eigenvalue weighted by molar-refractivity contribution is -0.116. The third kappa shape index (κ3) is 6.93. The number of ether oxygens (including phenoxy) is 2. The summed E-state index contributed by atoms with van der Waals surface area (Å²) in [7, 11) is -0.866. The zero-order valence-electron chi connectivity index (χ0n) is 18.5. The molecule has 3 aromatic carbocycles. The van der Waals surface area contributed by atoms with E-state index in [1.165, 1.54) is 20.3 Å². The second-order valence-corrected chi connectivity index (χ2v) is 8.95. The molecule has 0 saturated carbocycles. The average molecular weight is 467 g/mol. The number of carbonyl (C=O) groups is 1. The van der Waals surface area contributed by atoms with Crippen molar-refractivity contribution in [2.45, 2.75) is 6.54 Å². The first-order chi connectivity index (χ1) is 15.9. The predicted octanol–water partition coefficient (Wildman–Crippen LogP) is 4.15. The Balaban J connectivity index is 1.80. The number of carbonyl (C=O) groups excluding carboxylic acids is 1. The van der Waals surface area contributed by atoms with Crippen molar-refractivity contribution >= 4 is 27.7 Å². The van der Waals surface area contributed by atoms with E-state index in [9.17, 15) is 13.2 Å². The van der Waals surface area contributed by atoms with Crippen LogP contribution < -0.4 is 14.8 Å². The Labute approximate surface area is 194 Å². The molecule has 1 N–H and O–H groups in total. The molecule has 3 aromatic rings. The van der Waals surface area contributed by atoms with Crippen molar-refractivity contribution in [1.82, 2.24) is 4.31 Å². The van der Waals surface area contributed by atoms with Crippen LogP contribution in [0.1, 0.15) is 11.1 Å². The molecule has 0 atom stereocenters. The van der Waals surface area contributed by atoms with Crippen LogP contribution in [-0.2, 0) is 21.4 Å². The largest absolute Gasteiger partial charge is 0.493 e. The highest BCUT2D eigenvalue weighted by Gasteiger charge is 2.23. The molecular weight excluding hydrogens is 440 g/mol. The van der Waals surface area contributed by atoms with Crippen LogP contribution in [0.2, 0.25) is 0 Å². The summed E-state index contributed by atoms with van der Waals surface area (Å²) in [6.45, 7) is -0.299. The van der Waals surface area contributed by atoms with Gasteiger partial charge in [0, 0.05) is 23.7 Å². The van der Waals surface area contributed by atoms with E-state index < -0.39 is 15.9 Å². The fourth-order valence-electron chi connectivity index (χ4n) is 3.11. The molecule has 0 aliphatic rings. The van der Waals surface area contributed by atoms with Crippen molar-refractivity contribution in [2.75, 3.05) is 26.1 Å². The van der Waals surface area contributed by atoms with Crippen molar-refractivity contribution in [3.8, 4) is 11.5 Å². The Bertz CT molecular complexity index is 1200. The van der Waals surface area contributed by atoms with Crippen LogP contribution in [0.3, 0.4) is 0 Å². The maximum Gasteiger partial charge on any atom is 0.239 e. The number of hydrogen-bond donors (Lipinski definition) is 1. The molecule has 0 spiro atoms. The molecule has 0 aliphatic heterocycles. The van der Waals surface area contributed by atoms with Crippen molar-refractivity contribution < 1.29 is 22.7 Å². The van der Waals surface area contributed by atoms with E-state index in [4.69, 9.17) is 9.47 Å². The Kier molecular flexibility index (Phi) is 8.23. The minimum Gasteiger partial charge on any atom is -0.493 e. The van der Waals surface area contributed by atoms with Gasteiger partial charge in [-0.15, -0.1) is 0 Å². The molecule has 0 saturated heterocycles. The molecule has 0 aromatic heterocycles. The summed E-state index contributed by atoms with van der Waals surface area (Å²) in [5, 5.41) is 3.85. The van der Waals surface area contributed by atoms with Gasteiger partial charge >= 0.3 is 0 Å². The Morgan fingerprint density at radius 3 is 2.18 bits per heavy atom. The highest BCUT2D eigenvalue weighted by atomic mass is 32.2. The van der Waals surface area contributed by atoms with Gasteiger partial charge in [-0.3, -0.25) is 4.79 Å². The standard InChI is InChI=1S/C25H26N2O5S/c1-31-23-14-13-22(17-24(23)32-2)26-25(28)19-27(18-21-11-7-4-8-12-21)33(29,30)16-15-20-9-5-3-6-10-20/h3-17H,18-19H2,1-2H3,(H,26,28). The predicted molar refractivity (Wildman–Crippen MR) is 129 cm³/mol. The number of sulfonamides is 1. The Morgan fingerprint density at radius 2 is 1.55 bits per heavy atom. The van der Waals surface area contributed by atoms with E-state index in [2.05, 4.69) is 5.32 Å². The normalized spacial score (nSPS) is 11.5. The number of anilines is 1. The van der Waals surface area contributed by atoms with E-state index in [-0.39, 0.29) is 13.1 Å². The van der Waals surface area contributed by atoms with Gasteiger partial charge in [0.1, 0.15) is 0 Å². The first kappa shape index (κ1) is 24.0. The van der Waals surface area contributed by atoms with Crippen LogP contribution in [0.25, 0.3) is 6.08 Å². The van der Waals surface area contributed by atoms with Gasteiger partial charge in [-0.25, -0.2) is 8.42 Å². The van der Waals surface area contributed by atoms with E-state index in [1.54, 1.807) is 30.3 Å². The number of benzene rings is 3. The summed E-state index contributed by atoms with van der Waals surface area (Å²) in [6, 6.07) is 23.2. The number of amides is 1. The first-order valence-electron chi connectivity index (χ1n) is 10.2. The van der Waals surface area contributed by atoms with Gasteiger partial charge in [0.15, 0.2) is 11.5 Å². The van der Waals surface area contributed by atoms with Gasteiger partial charge in [-0.05, 0) is 29.3 Å². The van der Waals surface area contributed by atoms with Crippen molar-refractivity contribution in [3.63, 3.8) is 0 Å². The zero-order chi connectivity index (χ0) is 23.7. The van der Waals surface area contributed by atoms with Crippen LogP contribution in [-0.4, -0.2) is 39.4 Å². The van der Waals surface area contributed by atoms with Crippen LogP contribution in [0.15, 0.2) is 84.3 Å². The van der Waals surface area contributed by atoms with Crippen LogP contribution in [0.4, 0.5) is 5.69 Å². The molecule has 0 heterocycles. The van der Waals surface area contributed by atoms with Gasteiger partial charge in [-0.2, -0.15) is 4.31 Å². The van der Waals surface area contributed by atoms with Crippen LogP contribution in [0.5, 0.6) is 11.5 Å². The molecule has 33 heavy (non-hydrogen) atoms. The molecule has 0 radical (unpaired) electrons. The van der Waals surface area contributed by atoms with E-state index in [0.717, 1.165) is 20.8 Å². The molecule has 172 valence electrons. The summed E-state index contributed by atoms with van der Waals surface area (Å²) in [5.41, 5.74) is 1.98. The Hall–Kier alpha value is -3.62. The SMILES string of the molecule is COc1ccc(NC(=O)CN(Cc2ccccc2)S(=O)(=O)C=Cc2ccccc2)cc1OC. The molecular formula is C25H26N2O5S. The molecule has 3 rings (SSSR count). The molecule has 0 fully saturated rings. The van der Waals surface area contributed by atoms with E-state index >= 15 is 0 Å². The topological polar surface area (TPSA) is 84.9 Å². The summed E-state index contributed by atoms with van der Waals surface area (Å²) < 4.78 is 37.8. The smallest absolute Gasteiger partial charge is 0.239 e. The second kappa shape index (κ2) is 11.3. The summed E-state index contributed by atoms with van der Waals surface area (Å²) in [4.78, 5) is 12.8. The molecule has 0 unspecified atom stereocenters. The van der Waals surface area contributed by atoms with Gasteiger partial charge in [0.2, 0.25) is 15.9 Å². The number of rotatable bonds is 10. The third-order valence-electron chi connectivity index (χ3n) is 4.78. The van der Waals surface area contributed by atoms with Crippen LogP contribution >= 0.6 is 0 Å². The van der Waals surface area contributed by atoms with Crippen molar-refractivity contribution in [3.05, 3.63) is 95.4 Å². The van der Waals surface area contributed by atoms with Gasteiger partial charge in [-0.1, -0.05) is 60.7 Å². The fourth-order valence-corrected chi connectivity index (χ4v) is 4.24. The van der Waals surface area contributed by atoms with Gasteiger partial charge in [0.05, 0.1) is 20.8 Å². The fraction of sp³-hybridized carbons (Fsp3) is 0.160. The molecule has 0 aliphatic carbocycles.